The summed E-state index contributed by atoms with van der Waals surface area (Å²) in [5, 5.41) is 10.8. The number of amides is 2. The molecule has 1 fully saturated rings. The number of rotatable bonds is 9. The van der Waals surface area contributed by atoms with Gasteiger partial charge in [0.25, 0.3) is 0 Å². The normalized spacial score (nSPS) is 16.0. The lowest BCUT2D eigenvalue weighted by atomic mass is 10.0. The van der Waals surface area contributed by atoms with Gasteiger partial charge in [0.2, 0.25) is 17.8 Å². The number of hydrogen-bond donors (Lipinski definition) is 2. The minimum Gasteiger partial charge on any atom is -0.497 e. The van der Waals surface area contributed by atoms with Gasteiger partial charge in [-0.25, -0.2) is 19.3 Å². The number of carbonyl (C=O) groups is 3. The van der Waals surface area contributed by atoms with Crippen molar-refractivity contribution in [2.75, 3.05) is 24.3 Å². The summed E-state index contributed by atoms with van der Waals surface area (Å²) in [5.74, 6) is -0.292. The highest BCUT2D eigenvalue weighted by Crippen LogP contribution is 2.29. The van der Waals surface area contributed by atoms with Crippen molar-refractivity contribution in [2.45, 2.75) is 32.1 Å². The first-order valence-electron chi connectivity index (χ1n) is 14.3. The highest BCUT2D eigenvalue weighted by atomic mass is 79.9. The SMILES string of the molecule is COc1cc(Br)nc(NC(=O)[C@@H]2C[C@@H](F)CN2C(=O)Cn2nc(C(C)=O)c3cc(-c4cnc(Nc5ccccc5)nc4)ccc32)c1. The van der Waals surface area contributed by atoms with E-state index in [1.807, 2.05) is 36.4 Å². The molecule has 2 amide bonds. The molecule has 6 rings (SSSR count). The van der Waals surface area contributed by atoms with Gasteiger partial charge in [0, 0.05) is 54.5 Å². The van der Waals surface area contributed by atoms with Gasteiger partial charge in [0.1, 0.15) is 40.6 Å². The van der Waals surface area contributed by atoms with E-state index in [0.717, 1.165) is 16.8 Å². The molecular formula is C32H28BrFN8O4. The molecule has 234 valence electrons. The van der Waals surface area contributed by atoms with Crippen molar-refractivity contribution < 1.29 is 23.5 Å². The van der Waals surface area contributed by atoms with E-state index in [2.05, 4.69) is 46.6 Å². The zero-order chi connectivity index (χ0) is 32.4. The molecule has 2 N–H and O–H groups in total. The number of carbonyl (C=O) groups excluding carboxylic acids is 3. The topological polar surface area (TPSA) is 144 Å². The van der Waals surface area contributed by atoms with Crippen LogP contribution in [0, 0.1) is 0 Å². The number of pyridine rings is 1. The number of halogens is 2. The van der Waals surface area contributed by atoms with Gasteiger partial charge in [0.05, 0.1) is 19.2 Å². The first-order valence-corrected chi connectivity index (χ1v) is 15.1. The maximum absolute atomic E-state index is 14.6. The lowest BCUT2D eigenvalue weighted by Gasteiger charge is -2.23. The quantitative estimate of drug-likeness (QED) is 0.158. The number of ketones is 1. The molecule has 0 radical (unpaired) electrons. The van der Waals surface area contributed by atoms with Crippen molar-refractivity contribution in [3.63, 3.8) is 0 Å². The summed E-state index contributed by atoms with van der Waals surface area (Å²) in [4.78, 5) is 53.5. The van der Waals surface area contributed by atoms with E-state index >= 15 is 0 Å². The largest absolute Gasteiger partial charge is 0.497 e. The molecule has 0 spiro atoms. The molecule has 12 nitrogen and oxygen atoms in total. The number of para-hydroxylation sites is 1. The predicted octanol–water partition coefficient (Wildman–Crippen LogP) is 5.18. The lowest BCUT2D eigenvalue weighted by molar-refractivity contribution is -0.137. The van der Waals surface area contributed by atoms with Gasteiger partial charge in [0.15, 0.2) is 5.78 Å². The molecule has 0 saturated carbocycles. The molecule has 1 saturated heterocycles. The van der Waals surface area contributed by atoms with Gasteiger partial charge in [-0.05, 0) is 45.8 Å². The van der Waals surface area contributed by atoms with Crippen molar-refractivity contribution in [1.29, 1.82) is 0 Å². The lowest BCUT2D eigenvalue weighted by Crippen LogP contribution is -2.44. The van der Waals surface area contributed by atoms with Crippen LogP contribution in [0.15, 0.2) is 77.7 Å². The van der Waals surface area contributed by atoms with Crippen LogP contribution in [0.25, 0.3) is 22.0 Å². The summed E-state index contributed by atoms with van der Waals surface area (Å²) >= 11 is 3.26. The Morgan fingerprint density at radius 3 is 2.52 bits per heavy atom. The van der Waals surface area contributed by atoms with Gasteiger partial charge in [-0.2, -0.15) is 5.10 Å². The second-order valence-electron chi connectivity index (χ2n) is 10.7. The van der Waals surface area contributed by atoms with Crippen molar-refractivity contribution in [3.8, 4) is 16.9 Å². The third-order valence-corrected chi connectivity index (χ3v) is 7.92. The van der Waals surface area contributed by atoms with Crippen LogP contribution in [0.5, 0.6) is 5.75 Å². The number of benzene rings is 2. The van der Waals surface area contributed by atoms with E-state index in [0.29, 0.717) is 27.2 Å². The van der Waals surface area contributed by atoms with Crippen LogP contribution in [0.4, 0.5) is 21.8 Å². The highest BCUT2D eigenvalue weighted by Gasteiger charge is 2.40. The zero-order valence-corrected chi connectivity index (χ0v) is 26.4. The third-order valence-electron chi connectivity index (χ3n) is 7.51. The second-order valence-corrected chi connectivity index (χ2v) is 11.5. The Morgan fingerprint density at radius 2 is 1.80 bits per heavy atom. The van der Waals surface area contributed by atoms with Gasteiger partial charge in [-0.3, -0.25) is 19.1 Å². The molecule has 46 heavy (non-hydrogen) atoms. The van der Waals surface area contributed by atoms with E-state index in [1.54, 1.807) is 30.6 Å². The van der Waals surface area contributed by atoms with E-state index < -0.39 is 24.0 Å². The number of nitrogens with zero attached hydrogens (tertiary/aromatic N) is 6. The summed E-state index contributed by atoms with van der Waals surface area (Å²) in [6.45, 7) is 0.850. The first-order chi connectivity index (χ1) is 22.2. The van der Waals surface area contributed by atoms with Gasteiger partial charge in [-0.1, -0.05) is 24.3 Å². The number of alkyl halides is 1. The second kappa shape index (κ2) is 13.0. The molecule has 1 aliphatic heterocycles. The minimum atomic E-state index is -1.38. The van der Waals surface area contributed by atoms with E-state index in [1.165, 1.54) is 29.7 Å². The average Bonchev–Trinajstić information content (AvgIpc) is 3.62. The molecule has 0 unspecified atom stereocenters. The third kappa shape index (κ3) is 6.56. The molecule has 5 aromatic rings. The first kappa shape index (κ1) is 30.8. The fourth-order valence-corrected chi connectivity index (χ4v) is 5.74. The number of methoxy groups -OCH3 is 1. The van der Waals surface area contributed by atoms with Crippen molar-refractivity contribution in [2.24, 2.45) is 0 Å². The molecule has 14 heteroatoms. The Kier molecular flexibility index (Phi) is 8.70. The van der Waals surface area contributed by atoms with Crippen molar-refractivity contribution in [1.82, 2.24) is 29.6 Å². The van der Waals surface area contributed by atoms with E-state index in [9.17, 15) is 18.8 Å². The molecule has 2 atom stereocenters. The van der Waals surface area contributed by atoms with Gasteiger partial charge < -0.3 is 20.3 Å². The Morgan fingerprint density at radius 1 is 1.04 bits per heavy atom. The minimum absolute atomic E-state index is 0.160. The molecule has 2 aromatic carbocycles. The Labute approximate surface area is 271 Å². The number of hydrogen-bond acceptors (Lipinski definition) is 9. The fourth-order valence-electron chi connectivity index (χ4n) is 5.32. The van der Waals surface area contributed by atoms with Crippen LogP contribution in [0.3, 0.4) is 0 Å². The Balaban J connectivity index is 1.22. The van der Waals surface area contributed by atoms with Crippen LogP contribution in [0.1, 0.15) is 23.8 Å². The van der Waals surface area contributed by atoms with E-state index in [4.69, 9.17) is 4.74 Å². The summed E-state index contributed by atoms with van der Waals surface area (Å²) in [7, 11) is 1.48. The van der Waals surface area contributed by atoms with Crippen LogP contribution < -0.4 is 15.4 Å². The van der Waals surface area contributed by atoms with Crippen molar-refractivity contribution in [3.05, 3.63) is 83.4 Å². The number of aromatic nitrogens is 5. The molecule has 3 aromatic heterocycles. The fraction of sp³-hybridized carbons (Fsp3) is 0.219. The predicted molar refractivity (Wildman–Crippen MR) is 173 cm³/mol. The van der Waals surface area contributed by atoms with Crippen LogP contribution in [-0.4, -0.2) is 73.1 Å². The number of ether oxygens (including phenoxy) is 1. The molecule has 0 bridgehead atoms. The highest BCUT2D eigenvalue weighted by molar-refractivity contribution is 9.10. The number of nitrogens with one attached hydrogen (secondary N) is 2. The average molecular weight is 688 g/mol. The van der Waals surface area contributed by atoms with Crippen molar-refractivity contribution >= 4 is 61.9 Å². The molecule has 4 heterocycles. The monoisotopic (exact) mass is 686 g/mol. The Hall–Kier alpha value is -5.24. The van der Waals surface area contributed by atoms with Crippen LogP contribution >= 0.6 is 15.9 Å². The molecular weight excluding hydrogens is 659 g/mol. The maximum Gasteiger partial charge on any atom is 0.248 e. The molecule has 1 aliphatic rings. The summed E-state index contributed by atoms with van der Waals surface area (Å²) < 4.78 is 21.7. The van der Waals surface area contributed by atoms with Crippen LogP contribution in [-0.2, 0) is 16.1 Å². The molecule has 0 aliphatic carbocycles. The standard InChI is InChI=1S/C32H28BrFN8O4/c1-18(43)30-24-10-19(20-14-35-32(36-15-20)37-22-6-4-3-5-7-22)8-9-25(24)42(40-30)17-29(44)41-16-21(34)11-26(41)31(45)39-28-13-23(46-2)12-27(33)38-28/h3-10,12-15,21,26H,11,16-17H2,1-2H3,(H,35,36,37)(H,38,39,45)/t21-,26+/m1/s1. The number of likely N-dealkylation sites (tertiary alicyclic amines) is 1. The van der Waals surface area contributed by atoms with E-state index in [-0.39, 0.29) is 36.8 Å². The summed E-state index contributed by atoms with van der Waals surface area (Å²) in [6.07, 6.45) is 1.80. The van der Waals surface area contributed by atoms with Crippen LogP contribution in [0.2, 0.25) is 0 Å². The van der Waals surface area contributed by atoms with Gasteiger partial charge in [-0.15, -0.1) is 0 Å². The summed E-state index contributed by atoms with van der Waals surface area (Å²) in [6, 6.07) is 17.0. The number of fused-ring (bicyclic) bond motifs is 1. The smallest absolute Gasteiger partial charge is 0.248 e. The summed E-state index contributed by atoms with van der Waals surface area (Å²) in [5.41, 5.74) is 3.04. The number of Topliss-reactive ketones (excluding diaryl/α,β-unsaturated/α-hetero) is 1. The van der Waals surface area contributed by atoms with Gasteiger partial charge >= 0.3 is 0 Å². The zero-order valence-electron chi connectivity index (χ0n) is 24.8. The maximum atomic E-state index is 14.6. The number of anilines is 3. The Bertz CT molecular complexity index is 1940.